The number of hydrogen-bond acceptors (Lipinski definition) is 6. The average molecular weight is 454 g/mol. The van der Waals surface area contributed by atoms with Gasteiger partial charge in [-0.25, -0.2) is 9.67 Å². The number of aromatic nitrogens is 3. The van der Waals surface area contributed by atoms with Crippen LogP contribution in [0.5, 0.6) is 11.5 Å². The fraction of sp³-hybridized carbons (Fsp3) is 0.273. The van der Waals surface area contributed by atoms with E-state index in [9.17, 15) is 9.59 Å². The van der Waals surface area contributed by atoms with E-state index in [2.05, 4.69) is 10.1 Å². The Balaban J connectivity index is 1.28. The zero-order valence-electron chi connectivity index (χ0n) is 17.3. The van der Waals surface area contributed by atoms with Crippen LogP contribution in [-0.2, 0) is 0 Å². The molecule has 2 aliphatic rings. The van der Waals surface area contributed by atoms with Crippen LogP contribution >= 0.6 is 11.6 Å². The van der Waals surface area contributed by atoms with Crippen LogP contribution in [0.3, 0.4) is 0 Å². The second kappa shape index (κ2) is 8.16. The van der Waals surface area contributed by atoms with Crippen LogP contribution in [0.25, 0.3) is 5.69 Å². The van der Waals surface area contributed by atoms with Crippen LogP contribution in [0.2, 0.25) is 5.02 Å². The Morgan fingerprint density at radius 3 is 2.75 bits per heavy atom. The lowest BCUT2D eigenvalue weighted by Gasteiger charge is -2.39. The fourth-order valence-corrected chi connectivity index (χ4v) is 4.13. The van der Waals surface area contributed by atoms with E-state index in [1.165, 1.54) is 11.0 Å². The maximum Gasteiger partial charge on any atom is 0.293 e. The summed E-state index contributed by atoms with van der Waals surface area (Å²) in [6.07, 6.45) is 1.49. The van der Waals surface area contributed by atoms with Crippen molar-refractivity contribution in [2.24, 2.45) is 0 Å². The molecule has 0 spiro atoms. The molecule has 0 bridgehead atoms. The van der Waals surface area contributed by atoms with E-state index in [1.807, 2.05) is 13.0 Å². The molecule has 1 aromatic heterocycles. The van der Waals surface area contributed by atoms with Gasteiger partial charge in [0.1, 0.15) is 6.33 Å². The van der Waals surface area contributed by atoms with Crippen molar-refractivity contribution < 1.29 is 19.1 Å². The van der Waals surface area contributed by atoms with Gasteiger partial charge in [0, 0.05) is 30.7 Å². The van der Waals surface area contributed by atoms with Gasteiger partial charge < -0.3 is 19.3 Å². The van der Waals surface area contributed by atoms with Gasteiger partial charge in [0.2, 0.25) is 12.6 Å². The van der Waals surface area contributed by atoms with Crippen LogP contribution in [-0.4, -0.2) is 68.8 Å². The Kier molecular flexibility index (Phi) is 5.18. The zero-order valence-corrected chi connectivity index (χ0v) is 18.0. The summed E-state index contributed by atoms with van der Waals surface area (Å²) >= 11 is 6.03. The molecule has 2 amide bonds. The van der Waals surface area contributed by atoms with Crippen LogP contribution in [0.4, 0.5) is 0 Å². The normalized spacial score (nSPS) is 17.5. The van der Waals surface area contributed by atoms with Gasteiger partial charge in [-0.2, -0.15) is 0 Å². The molecule has 2 aliphatic heterocycles. The number of para-hydroxylation sites is 1. The van der Waals surface area contributed by atoms with E-state index >= 15 is 0 Å². The molecule has 0 aliphatic carbocycles. The summed E-state index contributed by atoms with van der Waals surface area (Å²) in [4.78, 5) is 33.7. The first-order chi connectivity index (χ1) is 15.5. The number of benzene rings is 2. The lowest BCUT2D eigenvalue weighted by Crippen LogP contribution is -2.55. The van der Waals surface area contributed by atoms with Crippen molar-refractivity contribution in [1.29, 1.82) is 0 Å². The van der Waals surface area contributed by atoms with Crippen molar-refractivity contribution in [2.45, 2.75) is 13.0 Å². The number of nitrogens with zero attached hydrogens (tertiary/aromatic N) is 5. The summed E-state index contributed by atoms with van der Waals surface area (Å²) in [6, 6.07) is 12.2. The van der Waals surface area contributed by atoms with Crippen molar-refractivity contribution in [3.05, 3.63) is 65.2 Å². The molecule has 2 aromatic carbocycles. The summed E-state index contributed by atoms with van der Waals surface area (Å²) in [5.41, 5.74) is 1.18. The summed E-state index contributed by atoms with van der Waals surface area (Å²) in [5.74, 6) is 0.721. The first kappa shape index (κ1) is 20.3. The molecule has 3 aromatic rings. The van der Waals surface area contributed by atoms with E-state index in [1.54, 1.807) is 46.2 Å². The van der Waals surface area contributed by atoms with Crippen molar-refractivity contribution in [3.8, 4) is 17.2 Å². The number of ether oxygens (including phenoxy) is 2. The lowest BCUT2D eigenvalue weighted by atomic mass is 10.1. The second-order valence-electron chi connectivity index (χ2n) is 7.63. The first-order valence-electron chi connectivity index (χ1n) is 10.2. The van der Waals surface area contributed by atoms with Gasteiger partial charge in [0.15, 0.2) is 11.5 Å². The summed E-state index contributed by atoms with van der Waals surface area (Å²) in [5, 5.41) is 4.88. The molecule has 0 saturated carbocycles. The summed E-state index contributed by atoms with van der Waals surface area (Å²) in [7, 11) is 0. The largest absolute Gasteiger partial charge is 0.454 e. The van der Waals surface area contributed by atoms with Gasteiger partial charge in [0.25, 0.3) is 11.8 Å². The number of halogens is 1. The van der Waals surface area contributed by atoms with Gasteiger partial charge in [-0.1, -0.05) is 23.7 Å². The van der Waals surface area contributed by atoms with E-state index in [4.69, 9.17) is 21.1 Å². The van der Waals surface area contributed by atoms with Crippen molar-refractivity contribution in [1.82, 2.24) is 24.6 Å². The number of carbonyl (C=O) groups excluding carboxylic acids is 2. The molecule has 10 heteroatoms. The molecule has 0 radical (unpaired) electrons. The molecule has 5 rings (SSSR count). The highest BCUT2D eigenvalue weighted by atomic mass is 35.5. The third kappa shape index (κ3) is 3.64. The number of hydrogen-bond donors (Lipinski definition) is 0. The Hall–Kier alpha value is -3.59. The molecule has 1 fully saturated rings. The van der Waals surface area contributed by atoms with Crippen LogP contribution in [0.15, 0.2) is 48.8 Å². The Morgan fingerprint density at radius 2 is 1.94 bits per heavy atom. The third-order valence-electron chi connectivity index (χ3n) is 5.56. The predicted octanol–water partition coefficient (Wildman–Crippen LogP) is 2.64. The van der Waals surface area contributed by atoms with E-state index < -0.39 is 0 Å². The van der Waals surface area contributed by atoms with Crippen molar-refractivity contribution >= 4 is 23.4 Å². The van der Waals surface area contributed by atoms with E-state index in [0.29, 0.717) is 41.7 Å². The molecule has 9 nitrogen and oxygen atoms in total. The monoisotopic (exact) mass is 453 g/mol. The Labute approximate surface area is 189 Å². The minimum atomic E-state index is -0.276. The standard InChI is InChI=1S/C22H20ClN5O4/c1-14-11-26(22(30)20-24-12-28(25-20)16-5-2-4-15(23)10-16)8-9-27(14)21(29)17-6-3-7-18-19(17)32-13-31-18/h2-7,10,12,14H,8-9,11,13H2,1H3. The molecular weight excluding hydrogens is 434 g/mol. The number of piperazine rings is 1. The van der Waals surface area contributed by atoms with Crippen molar-refractivity contribution in [3.63, 3.8) is 0 Å². The SMILES string of the molecule is CC1CN(C(=O)c2ncn(-c3cccc(Cl)c3)n2)CCN1C(=O)c1cccc2c1OCO2. The highest BCUT2D eigenvalue weighted by Crippen LogP contribution is 2.36. The minimum Gasteiger partial charge on any atom is -0.454 e. The Morgan fingerprint density at radius 1 is 1.09 bits per heavy atom. The van der Waals surface area contributed by atoms with Crippen LogP contribution in [0, 0.1) is 0 Å². The predicted molar refractivity (Wildman–Crippen MR) is 115 cm³/mol. The molecule has 32 heavy (non-hydrogen) atoms. The maximum absolute atomic E-state index is 13.2. The number of rotatable bonds is 3. The van der Waals surface area contributed by atoms with Crippen LogP contribution < -0.4 is 9.47 Å². The lowest BCUT2D eigenvalue weighted by molar-refractivity contribution is 0.0406. The molecule has 164 valence electrons. The van der Waals surface area contributed by atoms with Crippen LogP contribution in [0.1, 0.15) is 27.9 Å². The zero-order chi connectivity index (χ0) is 22.2. The number of carbonyl (C=O) groups is 2. The smallest absolute Gasteiger partial charge is 0.293 e. The Bertz CT molecular complexity index is 1200. The quantitative estimate of drug-likeness (QED) is 0.605. The molecule has 1 saturated heterocycles. The number of fused-ring (bicyclic) bond motifs is 1. The summed E-state index contributed by atoms with van der Waals surface area (Å²) in [6.45, 7) is 3.17. The molecule has 1 atom stereocenters. The molecule has 1 unspecified atom stereocenters. The minimum absolute atomic E-state index is 0.100. The highest BCUT2D eigenvalue weighted by molar-refractivity contribution is 6.30. The summed E-state index contributed by atoms with van der Waals surface area (Å²) < 4.78 is 12.4. The highest BCUT2D eigenvalue weighted by Gasteiger charge is 2.34. The van der Waals surface area contributed by atoms with Gasteiger partial charge in [-0.15, -0.1) is 5.10 Å². The van der Waals surface area contributed by atoms with Gasteiger partial charge in [-0.3, -0.25) is 9.59 Å². The maximum atomic E-state index is 13.2. The molecule has 0 N–H and O–H groups in total. The van der Waals surface area contributed by atoms with E-state index in [-0.39, 0.29) is 30.5 Å². The third-order valence-corrected chi connectivity index (χ3v) is 5.79. The molecule has 3 heterocycles. The molecular formula is C22H20ClN5O4. The average Bonchev–Trinajstić information content (AvgIpc) is 3.48. The van der Waals surface area contributed by atoms with E-state index in [0.717, 1.165) is 5.69 Å². The second-order valence-corrected chi connectivity index (χ2v) is 8.07. The topological polar surface area (TPSA) is 89.8 Å². The van der Waals surface area contributed by atoms with Gasteiger partial charge >= 0.3 is 0 Å². The van der Waals surface area contributed by atoms with Crippen molar-refractivity contribution in [2.75, 3.05) is 26.4 Å². The van der Waals surface area contributed by atoms with Gasteiger partial charge in [0.05, 0.1) is 11.3 Å². The first-order valence-corrected chi connectivity index (χ1v) is 10.6. The van der Waals surface area contributed by atoms with Gasteiger partial charge in [-0.05, 0) is 37.3 Å². The number of amides is 2. The fourth-order valence-electron chi connectivity index (χ4n) is 3.94.